The van der Waals surface area contributed by atoms with Crippen molar-refractivity contribution in [2.45, 2.75) is 62.4 Å². The first-order chi connectivity index (χ1) is 11.6. The van der Waals surface area contributed by atoms with E-state index in [0.717, 1.165) is 24.2 Å². The maximum absolute atomic E-state index is 12.7. The average molecular weight is 343 g/mol. The van der Waals surface area contributed by atoms with Crippen molar-refractivity contribution in [1.29, 1.82) is 0 Å². The van der Waals surface area contributed by atoms with Crippen molar-refractivity contribution in [3.63, 3.8) is 0 Å². The highest BCUT2D eigenvalue weighted by Gasteiger charge is 2.29. The van der Waals surface area contributed by atoms with Crippen molar-refractivity contribution in [3.05, 3.63) is 65.7 Å². The third kappa shape index (κ3) is 4.14. The standard InChI is InChI=1S/C21H26O2S/c1-16(2)17-12-14-19(15-13-17)24(22)23-21-11-7-6-10-20(21)18-8-4-3-5-9-18/h3-5,8-9,12-16,20-21H,6-7,10-11H2,1-2H3/t20-,21+,24+/m1/s1. The molecule has 1 aliphatic rings. The molecule has 0 aromatic heterocycles. The Morgan fingerprint density at radius 3 is 2.29 bits per heavy atom. The van der Waals surface area contributed by atoms with Gasteiger partial charge in [-0.2, -0.15) is 0 Å². The Hall–Kier alpha value is -1.45. The zero-order valence-electron chi connectivity index (χ0n) is 14.5. The van der Waals surface area contributed by atoms with Gasteiger partial charge in [-0.1, -0.05) is 69.2 Å². The minimum atomic E-state index is -1.40. The van der Waals surface area contributed by atoms with Gasteiger partial charge in [0.1, 0.15) is 0 Å². The fourth-order valence-corrected chi connectivity index (χ4v) is 4.35. The fraction of sp³-hybridized carbons (Fsp3) is 0.429. The van der Waals surface area contributed by atoms with Crippen LogP contribution in [0.25, 0.3) is 0 Å². The molecule has 0 radical (unpaired) electrons. The van der Waals surface area contributed by atoms with E-state index < -0.39 is 11.1 Å². The van der Waals surface area contributed by atoms with E-state index in [1.165, 1.54) is 17.5 Å². The van der Waals surface area contributed by atoms with Crippen LogP contribution in [0, 0.1) is 0 Å². The van der Waals surface area contributed by atoms with Crippen molar-refractivity contribution in [2.24, 2.45) is 0 Å². The molecule has 3 rings (SSSR count). The Balaban J connectivity index is 1.71. The van der Waals surface area contributed by atoms with E-state index in [4.69, 9.17) is 4.18 Å². The molecule has 2 nitrogen and oxygen atoms in total. The van der Waals surface area contributed by atoms with Crippen LogP contribution in [0.2, 0.25) is 0 Å². The number of hydrogen-bond acceptors (Lipinski definition) is 2. The van der Waals surface area contributed by atoms with Crippen LogP contribution in [0.3, 0.4) is 0 Å². The molecule has 2 aromatic carbocycles. The second kappa shape index (κ2) is 8.09. The van der Waals surface area contributed by atoms with Crippen LogP contribution in [0.5, 0.6) is 0 Å². The molecule has 1 fully saturated rings. The van der Waals surface area contributed by atoms with E-state index in [-0.39, 0.29) is 6.10 Å². The van der Waals surface area contributed by atoms with Gasteiger partial charge in [0, 0.05) is 5.92 Å². The first-order valence-electron chi connectivity index (χ1n) is 8.89. The Kier molecular flexibility index (Phi) is 5.85. The highest BCUT2D eigenvalue weighted by molar-refractivity contribution is 7.80. The lowest BCUT2D eigenvalue weighted by Crippen LogP contribution is -2.27. The molecule has 3 atom stereocenters. The Labute approximate surface area is 147 Å². The summed E-state index contributed by atoms with van der Waals surface area (Å²) in [6.45, 7) is 4.32. The van der Waals surface area contributed by atoms with E-state index >= 15 is 0 Å². The largest absolute Gasteiger partial charge is 0.283 e. The molecule has 0 unspecified atom stereocenters. The zero-order chi connectivity index (χ0) is 16.9. The quantitative estimate of drug-likeness (QED) is 0.709. The summed E-state index contributed by atoms with van der Waals surface area (Å²) in [5.41, 5.74) is 2.56. The van der Waals surface area contributed by atoms with Gasteiger partial charge < -0.3 is 0 Å². The molecular weight excluding hydrogens is 316 g/mol. The van der Waals surface area contributed by atoms with Crippen LogP contribution in [0.4, 0.5) is 0 Å². The van der Waals surface area contributed by atoms with Gasteiger partial charge >= 0.3 is 0 Å². The third-order valence-corrected chi connectivity index (χ3v) is 5.96. The highest BCUT2D eigenvalue weighted by atomic mass is 32.2. The van der Waals surface area contributed by atoms with Crippen molar-refractivity contribution < 1.29 is 8.39 Å². The van der Waals surface area contributed by atoms with Crippen LogP contribution in [-0.2, 0) is 15.3 Å². The second-order valence-electron chi connectivity index (χ2n) is 6.89. The van der Waals surface area contributed by atoms with Crippen LogP contribution < -0.4 is 0 Å². The van der Waals surface area contributed by atoms with Gasteiger partial charge in [0.05, 0.1) is 11.0 Å². The molecule has 0 heterocycles. The molecule has 1 saturated carbocycles. The fourth-order valence-electron chi connectivity index (χ4n) is 3.43. The molecule has 0 saturated heterocycles. The van der Waals surface area contributed by atoms with E-state index in [1.54, 1.807) is 0 Å². The van der Waals surface area contributed by atoms with Crippen LogP contribution in [0.15, 0.2) is 59.5 Å². The third-order valence-electron chi connectivity index (χ3n) is 4.88. The molecule has 0 aliphatic heterocycles. The summed E-state index contributed by atoms with van der Waals surface area (Å²) in [6.07, 6.45) is 4.49. The predicted molar refractivity (Wildman–Crippen MR) is 99.5 cm³/mol. The van der Waals surface area contributed by atoms with E-state index in [0.29, 0.717) is 11.8 Å². The molecule has 2 aromatic rings. The van der Waals surface area contributed by atoms with Crippen molar-refractivity contribution in [1.82, 2.24) is 0 Å². The predicted octanol–water partition coefficient (Wildman–Crippen LogP) is 5.58. The SMILES string of the molecule is CC(C)c1ccc([S@@](=O)O[C@H]2CCCC[C@@H]2c2ccccc2)cc1. The summed E-state index contributed by atoms with van der Waals surface area (Å²) in [5, 5.41) is 0. The highest BCUT2D eigenvalue weighted by Crippen LogP contribution is 2.36. The van der Waals surface area contributed by atoms with Crippen LogP contribution in [-0.4, -0.2) is 10.3 Å². The average Bonchev–Trinajstić information content (AvgIpc) is 2.63. The molecule has 0 amide bonds. The van der Waals surface area contributed by atoms with Crippen LogP contribution in [0.1, 0.15) is 62.5 Å². The Morgan fingerprint density at radius 2 is 1.62 bits per heavy atom. The summed E-state index contributed by atoms with van der Waals surface area (Å²) in [7, 11) is 0. The molecule has 1 aliphatic carbocycles. The van der Waals surface area contributed by atoms with E-state index in [2.05, 4.69) is 50.2 Å². The number of benzene rings is 2. The number of rotatable bonds is 5. The van der Waals surface area contributed by atoms with Gasteiger partial charge in [-0.15, -0.1) is 0 Å². The van der Waals surface area contributed by atoms with Gasteiger partial charge in [-0.05, 0) is 42.0 Å². The van der Waals surface area contributed by atoms with Gasteiger partial charge in [-0.25, -0.2) is 4.21 Å². The maximum atomic E-state index is 12.7. The molecule has 24 heavy (non-hydrogen) atoms. The molecule has 0 spiro atoms. The summed E-state index contributed by atoms with van der Waals surface area (Å²) in [6, 6.07) is 18.5. The summed E-state index contributed by atoms with van der Waals surface area (Å²) in [5.74, 6) is 0.827. The topological polar surface area (TPSA) is 26.3 Å². The van der Waals surface area contributed by atoms with Crippen molar-refractivity contribution in [2.75, 3.05) is 0 Å². The summed E-state index contributed by atoms with van der Waals surface area (Å²) in [4.78, 5) is 0.761. The molecular formula is C21H26O2S. The van der Waals surface area contributed by atoms with E-state index in [9.17, 15) is 4.21 Å². The Bertz CT molecular complexity index is 664. The number of hydrogen-bond donors (Lipinski definition) is 0. The zero-order valence-corrected chi connectivity index (χ0v) is 15.3. The minimum absolute atomic E-state index is 0.0340. The Morgan fingerprint density at radius 1 is 0.958 bits per heavy atom. The first-order valence-corrected chi connectivity index (χ1v) is 9.96. The lowest BCUT2D eigenvalue weighted by Gasteiger charge is -2.31. The first kappa shape index (κ1) is 17.4. The normalized spacial score (nSPS) is 22.5. The lowest BCUT2D eigenvalue weighted by molar-refractivity contribution is 0.147. The second-order valence-corrected chi connectivity index (χ2v) is 8.03. The van der Waals surface area contributed by atoms with Crippen molar-refractivity contribution in [3.8, 4) is 0 Å². The lowest BCUT2D eigenvalue weighted by atomic mass is 9.82. The van der Waals surface area contributed by atoms with Crippen LogP contribution >= 0.6 is 0 Å². The smallest absolute Gasteiger partial charge is 0.189 e. The molecule has 128 valence electrons. The van der Waals surface area contributed by atoms with Gasteiger partial charge in [0.2, 0.25) is 0 Å². The molecule has 3 heteroatoms. The van der Waals surface area contributed by atoms with Gasteiger partial charge in [0.25, 0.3) is 0 Å². The van der Waals surface area contributed by atoms with Gasteiger partial charge in [0.15, 0.2) is 11.1 Å². The van der Waals surface area contributed by atoms with Gasteiger partial charge in [-0.3, -0.25) is 4.18 Å². The van der Waals surface area contributed by atoms with Crippen molar-refractivity contribution >= 4 is 11.1 Å². The molecule has 0 N–H and O–H groups in total. The summed E-state index contributed by atoms with van der Waals surface area (Å²) < 4.78 is 18.7. The van der Waals surface area contributed by atoms with E-state index in [1.807, 2.05) is 18.2 Å². The minimum Gasteiger partial charge on any atom is -0.283 e. The molecule has 0 bridgehead atoms. The monoisotopic (exact) mass is 342 g/mol. The summed E-state index contributed by atoms with van der Waals surface area (Å²) >= 11 is -1.40. The maximum Gasteiger partial charge on any atom is 0.189 e.